The Morgan fingerprint density at radius 1 is 1.08 bits per heavy atom. The number of para-hydroxylation sites is 1. The van der Waals surface area contributed by atoms with Crippen LogP contribution < -0.4 is 9.80 Å². The molecule has 1 heterocycles. The van der Waals surface area contributed by atoms with Crippen LogP contribution in [0.3, 0.4) is 0 Å². The van der Waals surface area contributed by atoms with Gasteiger partial charge >= 0.3 is 0 Å². The van der Waals surface area contributed by atoms with Crippen molar-refractivity contribution >= 4 is 40.7 Å². The summed E-state index contributed by atoms with van der Waals surface area (Å²) in [4.78, 5) is 18.2. The van der Waals surface area contributed by atoms with Gasteiger partial charge in [-0.2, -0.15) is 0 Å². The minimum atomic E-state index is -0.189. The van der Waals surface area contributed by atoms with Gasteiger partial charge in [-0.15, -0.1) is 0 Å². The lowest BCUT2D eigenvalue weighted by atomic mass is 10.1. The summed E-state index contributed by atoms with van der Waals surface area (Å²) >= 11 is 5.51. The van der Waals surface area contributed by atoms with Gasteiger partial charge in [-0.25, -0.2) is 0 Å². The van der Waals surface area contributed by atoms with E-state index in [9.17, 15) is 9.90 Å². The minimum absolute atomic E-state index is 0.0903. The van der Waals surface area contributed by atoms with Crippen molar-refractivity contribution in [1.29, 1.82) is 0 Å². The van der Waals surface area contributed by atoms with E-state index in [0.29, 0.717) is 10.8 Å². The summed E-state index contributed by atoms with van der Waals surface area (Å²) in [7, 11) is 3.96. The number of carbonyl (C=O) groups is 1. The van der Waals surface area contributed by atoms with Crippen molar-refractivity contribution in [3.05, 3.63) is 65.9 Å². The van der Waals surface area contributed by atoms with Crippen molar-refractivity contribution in [2.24, 2.45) is 0 Å². The Labute approximate surface area is 158 Å². The van der Waals surface area contributed by atoms with E-state index in [0.717, 1.165) is 16.9 Å². The lowest BCUT2D eigenvalue weighted by Gasteiger charge is -2.19. The highest BCUT2D eigenvalue weighted by atomic mass is 32.1. The number of aliphatic hydroxyl groups is 1. The predicted octanol–water partition coefficient (Wildman–Crippen LogP) is 2.72. The normalized spacial score (nSPS) is 15.9. The van der Waals surface area contributed by atoms with E-state index >= 15 is 0 Å². The molecule has 1 fully saturated rings. The smallest absolute Gasteiger partial charge is 0.281 e. The molecule has 1 aliphatic heterocycles. The largest absolute Gasteiger partial charge is 0.395 e. The van der Waals surface area contributed by atoms with Crippen LogP contribution in [0.1, 0.15) is 5.56 Å². The molecule has 0 atom stereocenters. The molecule has 0 unspecified atom stereocenters. The first-order chi connectivity index (χ1) is 12.5. The maximum Gasteiger partial charge on any atom is 0.281 e. The zero-order valence-electron chi connectivity index (χ0n) is 14.8. The number of benzene rings is 2. The monoisotopic (exact) mass is 367 g/mol. The van der Waals surface area contributed by atoms with Gasteiger partial charge in [0.2, 0.25) is 0 Å². The van der Waals surface area contributed by atoms with Crippen molar-refractivity contribution in [2.75, 3.05) is 37.0 Å². The molecule has 0 aliphatic carbocycles. The van der Waals surface area contributed by atoms with Crippen molar-refractivity contribution in [3.63, 3.8) is 0 Å². The topological polar surface area (TPSA) is 47.0 Å². The number of amides is 1. The fourth-order valence-corrected chi connectivity index (χ4v) is 3.21. The maximum atomic E-state index is 13.0. The summed E-state index contributed by atoms with van der Waals surface area (Å²) in [5, 5.41) is 9.79. The van der Waals surface area contributed by atoms with E-state index in [1.54, 1.807) is 4.90 Å². The molecule has 0 aromatic heterocycles. The SMILES string of the molecule is CN(C)c1ccc(C=C2C(=O)N(c3ccccc3)C(=S)N2CCO)cc1. The van der Waals surface area contributed by atoms with E-state index in [-0.39, 0.29) is 19.1 Å². The number of thiocarbonyl (C=S) groups is 1. The quantitative estimate of drug-likeness (QED) is 0.650. The third-order valence-corrected chi connectivity index (χ3v) is 4.59. The zero-order valence-corrected chi connectivity index (χ0v) is 15.6. The van der Waals surface area contributed by atoms with Gasteiger partial charge in [-0.05, 0) is 48.1 Å². The first-order valence-corrected chi connectivity index (χ1v) is 8.74. The van der Waals surface area contributed by atoms with Crippen LogP contribution in [-0.2, 0) is 4.79 Å². The van der Waals surface area contributed by atoms with Gasteiger partial charge in [0.1, 0.15) is 5.70 Å². The third-order valence-electron chi connectivity index (χ3n) is 4.19. The molecule has 2 aromatic carbocycles. The molecule has 0 saturated carbocycles. The number of hydrogen-bond acceptors (Lipinski definition) is 4. The molecular formula is C20H21N3O2S. The molecule has 0 bridgehead atoms. The number of aliphatic hydroxyl groups excluding tert-OH is 1. The Morgan fingerprint density at radius 3 is 2.31 bits per heavy atom. The number of anilines is 2. The van der Waals surface area contributed by atoms with E-state index in [4.69, 9.17) is 12.2 Å². The zero-order chi connectivity index (χ0) is 18.7. The van der Waals surface area contributed by atoms with Crippen LogP contribution in [0.4, 0.5) is 11.4 Å². The molecule has 2 aromatic rings. The summed E-state index contributed by atoms with van der Waals surface area (Å²) in [6.45, 7) is 0.183. The van der Waals surface area contributed by atoms with E-state index in [2.05, 4.69) is 0 Å². The maximum absolute atomic E-state index is 13.0. The molecule has 1 aliphatic rings. The Hall–Kier alpha value is -2.70. The molecule has 1 N–H and O–H groups in total. The van der Waals surface area contributed by atoms with Gasteiger partial charge < -0.3 is 14.9 Å². The second-order valence-corrected chi connectivity index (χ2v) is 6.51. The average Bonchev–Trinajstić information content (AvgIpc) is 2.87. The molecule has 0 radical (unpaired) electrons. The lowest BCUT2D eigenvalue weighted by Crippen LogP contribution is -2.33. The summed E-state index contributed by atoms with van der Waals surface area (Å²) in [5.41, 5.74) is 3.17. The second-order valence-electron chi connectivity index (χ2n) is 6.15. The molecule has 6 heteroatoms. The van der Waals surface area contributed by atoms with Crippen LogP contribution in [0.2, 0.25) is 0 Å². The Balaban J connectivity index is 1.98. The summed E-state index contributed by atoms with van der Waals surface area (Å²) in [6.07, 6.45) is 1.81. The van der Waals surface area contributed by atoms with Crippen LogP contribution in [0, 0.1) is 0 Å². The van der Waals surface area contributed by atoms with E-state index < -0.39 is 0 Å². The second kappa shape index (κ2) is 7.68. The lowest BCUT2D eigenvalue weighted by molar-refractivity contribution is -0.114. The van der Waals surface area contributed by atoms with Crippen molar-refractivity contribution in [2.45, 2.75) is 0 Å². The number of nitrogens with zero attached hydrogens (tertiary/aromatic N) is 3. The van der Waals surface area contributed by atoms with Gasteiger partial charge in [0.25, 0.3) is 5.91 Å². The highest BCUT2D eigenvalue weighted by Gasteiger charge is 2.38. The highest BCUT2D eigenvalue weighted by molar-refractivity contribution is 7.80. The van der Waals surface area contributed by atoms with Crippen molar-refractivity contribution in [3.8, 4) is 0 Å². The number of hydrogen-bond donors (Lipinski definition) is 1. The van der Waals surface area contributed by atoms with Gasteiger partial charge in [0.05, 0.1) is 12.3 Å². The number of β-amino-alcohol motifs (C(OH)–C–C–N with tert-alkyl or cyclic N) is 1. The minimum Gasteiger partial charge on any atom is -0.395 e. The molecule has 5 nitrogen and oxygen atoms in total. The molecule has 3 rings (SSSR count). The molecule has 1 saturated heterocycles. The standard InChI is InChI=1S/C20H21N3O2S/c1-21(2)16-10-8-15(9-11-16)14-18-19(25)23(17-6-4-3-5-7-17)20(26)22(18)12-13-24/h3-11,14,24H,12-13H2,1-2H3. The molecule has 134 valence electrons. The van der Waals surface area contributed by atoms with E-state index in [1.165, 1.54) is 4.90 Å². The van der Waals surface area contributed by atoms with Gasteiger partial charge in [-0.1, -0.05) is 30.3 Å². The molecule has 26 heavy (non-hydrogen) atoms. The van der Waals surface area contributed by atoms with Crippen LogP contribution in [0.25, 0.3) is 6.08 Å². The van der Waals surface area contributed by atoms with Gasteiger partial charge in [0.15, 0.2) is 5.11 Å². The highest BCUT2D eigenvalue weighted by Crippen LogP contribution is 2.29. The number of rotatable bonds is 5. The molecule has 0 spiro atoms. The Bertz CT molecular complexity index is 832. The van der Waals surface area contributed by atoms with E-state index in [1.807, 2.05) is 79.7 Å². The fraction of sp³-hybridized carbons (Fsp3) is 0.200. The van der Waals surface area contributed by atoms with Crippen LogP contribution >= 0.6 is 12.2 Å². The van der Waals surface area contributed by atoms with Gasteiger partial charge in [-0.3, -0.25) is 9.69 Å². The first kappa shape index (κ1) is 18.1. The fourth-order valence-electron chi connectivity index (χ4n) is 2.83. The Kier molecular flexibility index (Phi) is 5.35. The Morgan fingerprint density at radius 2 is 1.73 bits per heavy atom. The van der Waals surface area contributed by atoms with Crippen LogP contribution in [0.15, 0.2) is 60.3 Å². The molecule has 1 amide bonds. The van der Waals surface area contributed by atoms with Crippen LogP contribution in [-0.4, -0.2) is 48.3 Å². The average molecular weight is 367 g/mol. The summed E-state index contributed by atoms with van der Waals surface area (Å²) < 4.78 is 0. The summed E-state index contributed by atoms with van der Waals surface area (Å²) in [6, 6.07) is 17.2. The van der Waals surface area contributed by atoms with Crippen molar-refractivity contribution in [1.82, 2.24) is 4.90 Å². The van der Waals surface area contributed by atoms with Gasteiger partial charge in [0, 0.05) is 26.3 Å². The molecular weight excluding hydrogens is 346 g/mol. The predicted molar refractivity (Wildman–Crippen MR) is 109 cm³/mol. The van der Waals surface area contributed by atoms with Crippen LogP contribution in [0.5, 0.6) is 0 Å². The summed E-state index contributed by atoms with van der Waals surface area (Å²) in [5.74, 6) is -0.189. The number of carbonyl (C=O) groups excluding carboxylic acids is 1. The first-order valence-electron chi connectivity index (χ1n) is 8.34. The third kappa shape index (κ3) is 3.47. The van der Waals surface area contributed by atoms with Crippen molar-refractivity contribution < 1.29 is 9.90 Å².